The summed E-state index contributed by atoms with van der Waals surface area (Å²) in [6, 6.07) is 6.98. The molecule has 20 heavy (non-hydrogen) atoms. The van der Waals surface area contributed by atoms with Gasteiger partial charge in [-0.3, -0.25) is 0 Å². The Balaban J connectivity index is 2.06. The molecule has 112 valence electrons. The van der Waals surface area contributed by atoms with Crippen molar-refractivity contribution in [1.82, 2.24) is 5.32 Å². The molecule has 1 N–H and O–H groups in total. The van der Waals surface area contributed by atoms with Crippen LogP contribution in [0.3, 0.4) is 0 Å². The fraction of sp³-hybridized carbons (Fsp3) is 0.647. The summed E-state index contributed by atoms with van der Waals surface area (Å²) in [7, 11) is 3.40. The predicted octanol–water partition coefficient (Wildman–Crippen LogP) is 3.93. The molecule has 1 fully saturated rings. The quantitative estimate of drug-likeness (QED) is 0.884. The van der Waals surface area contributed by atoms with Gasteiger partial charge < -0.3 is 14.8 Å². The third-order valence-electron chi connectivity index (χ3n) is 4.33. The van der Waals surface area contributed by atoms with Crippen LogP contribution < -0.4 is 14.8 Å². The number of hydrogen-bond donors (Lipinski definition) is 1. The number of ether oxygens (including phenoxy) is 2. The van der Waals surface area contributed by atoms with Crippen molar-refractivity contribution in [2.24, 2.45) is 5.92 Å². The van der Waals surface area contributed by atoms with Gasteiger partial charge in [-0.15, -0.1) is 0 Å². The molecule has 1 saturated carbocycles. The van der Waals surface area contributed by atoms with Crippen molar-refractivity contribution in [1.29, 1.82) is 0 Å². The Hall–Kier alpha value is -1.22. The lowest BCUT2D eigenvalue weighted by atomic mass is 9.86. The Labute approximate surface area is 122 Å². The van der Waals surface area contributed by atoms with Gasteiger partial charge in [0.1, 0.15) is 11.5 Å². The predicted molar refractivity (Wildman–Crippen MR) is 82.5 cm³/mol. The maximum atomic E-state index is 5.50. The highest BCUT2D eigenvalue weighted by molar-refractivity contribution is 5.42. The minimum Gasteiger partial charge on any atom is -0.497 e. The number of hydrogen-bond acceptors (Lipinski definition) is 3. The van der Waals surface area contributed by atoms with Crippen LogP contribution in [0.4, 0.5) is 0 Å². The molecule has 3 nitrogen and oxygen atoms in total. The van der Waals surface area contributed by atoms with Crippen molar-refractivity contribution in [2.45, 2.75) is 51.6 Å². The fourth-order valence-corrected chi connectivity index (χ4v) is 3.20. The van der Waals surface area contributed by atoms with Crippen molar-refractivity contribution in [3.63, 3.8) is 0 Å². The molecule has 3 atom stereocenters. The second-order valence-corrected chi connectivity index (χ2v) is 5.96. The van der Waals surface area contributed by atoms with Gasteiger partial charge in [0, 0.05) is 23.7 Å². The summed E-state index contributed by atoms with van der Waals surface area (Å²) < 4.78 is 10.8. The molecule has 0 saturated heterocycles. The van der Waals surface area contributed by atoms with Gasteiger partial charge in [-0.2, -0.15) is 0 Å². The van der Waals surface area contributed by atoms with Crippen molar-refractivity contribution >= 4 is 0 Å². The fourth-order valence-electron chi connectivity index (χ4n) is 3.20. The summed E-state index contributed by atoms with van der Waals surface area (Å²) in [4.78, 5) is 0. The first-order chi connectivity index (χ1) is 9.63. The lowest BCUT2D eigenvalue weighted by Crippen LogP contribution is -2.35. The van der Waals surface area contributed by atoms with E-state index in [2.05, 4.69) is 25.2 Å². The summed E-state index contributed by atoms with van der Waals surface area (Å²) in [5, 5.41) is 3.76. The van der Waals surface area contributed by atoms with E-state index in [1.807, 2.05) is 12.1 Å². The van der Waals surface area contributed by atoms with E-state index in [1.165, 1.54) is 31.2 Å². The highest BCUT2D eigenvalue weighted by Crippen LogP contribution is 2.31. The molecule has 0 amide bonds. The van der Waals surface area contributed by atoms with Gasteiger partial charge in [-0.25, -0.2) is 0 Å². The van der Waals surface area contributed by atoms with Crippen LogP contribution in [0, 0.1) is 5.92 Å². The van der Waals surface area contributed by atoms with Crippen LogP contribution in [0.2, 0.25) is 0 Å². The van der Waals surface area contributed by atoms with Crippen molar-refractivity contribution in [3.8, 4) is 11.5 Å². The van der Waals surface area contributed by atoms with Crippen molar-refractivity contribution < 1.29 is 9.47 Å². The van der Waals surface area contributed by atoms with Crippen LogP contribution in [0.25, 0.3) is 0 Å². The Kier molecular flexibility index (Phi) is 5.30. The first-order valence-corrected chi connectivity index (χ1v) is 7.62. The van der Waals surface area contributed by atoms with Crippen LogP contribution in [-0.4, -0.2) is 20.3 Å². The minimum atomic E-state index is 0.297. The van der Waals surface area contributed by atoms with Gasteiger partial charge in [0.25, 0.3) is 0 Å². The van der Waals surface area contributed by atoms with Crippen LogP contribution in [-0.2, 0) is 0 Å². The first kappa shape index (κ1) is 15.2. The summed E-state index contributed by atoms with van der Waals surface area (Å²) in [6.45, 7) is 4.57. The molecule has 2 rings (SSSR count). The Bertz CT molecular complexity index is 433. The minimum absolute atomic E-state index is 0.297. The van der Waals surface area contributed by atoms with Crippen LogP contribution in [0.5, 0.6) is 11.5 Å². The first-order valence-electron chi connectivity index (χ1n) is 7.62. The molecule has 0 radical (unpaired) electrons. The monoisotopic (exact) mass is 277 g/mol. The molecule has 0 heterocycles. The number of benzene rings is 1. The molecule has 0 bridgehead atoms. The van der Waals surface area contributed by atoms with Gasteiger partial charge >= 0.3 is 0 Å². The van der Waals surface area contributed by atoms with E-state index in [9.17, 15) is 0 Å². The molecule has 1 aromatic rings. The maximum absolute atomic E-state index is 5.50. The summed E-state index contributed by atoms with van der Waals surface area (Å²) >= 11 is 0. The van der Waals surface area contributed by atoms with E-state index < -0.39 is 0 Å². The highest BCUT2D eigenvalue weighted by Gasteiger charge is 2.21. The molecule has 1 aliphatic carbocycles. The molecule has 1 aromatic carbocycles. The summed E-state index contributed by atoms with van der Waals surface area (Å²) in [6.07, 6.45) is 5.28. The van der Waals surface area contributed by atoms with Crippen molar-refractivity contribution in [2.75, 3.05) is 14.2 Å². The highest BCUT2D eigenvalue weighted by atomic mass is 16.5. The molecular weight excluding hydrogens is 250 g/mol. The van der Waals surface area contributed by atoms with E-state index >= 15 is 0 Å². The van der Waals surface area contributed by atoms with Gasteiger partial charge in [0.05, 0.1) is 14.2 Å². The Morgan fingerprint density at radius 1 is 1.20 bits per heavy atom. The zero-order chi connectivity index (χ0) is 14.5. The number of rotatable bonds is 5. The average Bonchev–Trinajstić information content (AvgIpc) is 2.46. The Morgan fingerprint density at radius 3 is 2.65 bits per heavy atom. The molecule has 0 aliphatic heterocycles. The van der Waals surface area contributed by atoms with Crippen LogP contribution >= 0.6 is 0 Å². The zero-order valence-corrected chi connectivity index (χ0v) is 13.1. The summed E-state index contributed by atoms with van der Waals surface area (Å²) in [5.74, 6) is 2.57. The topological polar surface area (TPSA) is 30.5 Å². The van der Waals surface area contributed by atoms with E-state index in [1.54, 1.807) is 14.2 Å². The molecule has 1 aliphatic rings. The lowest BCUT2D eigenvalue weighted by Gasteiger charge is -2.30. The van der Waals surface area contributed by atoms with E-state index in [-0.39, 0.29) is 0 Å². The van der Waals surface area contributed by atoms with E-state index in [0.29, 0.717) is 12.1 Å². The SMILES string of the molecule is COc1ccc(C(C)NC2CCCC(C)C2)c(OC)c1. The van der Waals surface area contributed by atoms with E-state index in [0.717, 1.165) is 17.4 Å². The van der Waals surface area contributed by atoms with Gasteiger partial charge in [-0.1, -0.05) is 25.8 Å². The smallest absolute Gasteiger partial charge is 0.127 e. The second-order valence-electron chi connectivity index (χ2n) is 5.96. The zero-order valence-electron chi connectivity index (χ0n) is 13.1. The maximum Gasteiger partial charge on any atom is 0.127 e. The lowest BCUT2D eigenvalue weighted by molar-refractivity contribution is 0.283. The van der Waals surface area contributed by atoms with Crippen LogP contribution in [0.1, 0.15) is 51.1 Å². The molecule has 3 heteroatoms. The van der Waals surface area contributed by atoms with Crippen molar-refractivity contribution in [3.05, 3.63) is 23.8 Å². The van der Waals surface area contributed by atoms with Gasteiger partial charge in [0.15, 0.2) is 0 Å². The average molecular weight is 277 g/mol. The third-order valence-corrected chi connectivity index (χ3v) is 4.33. The molecule has 0 spiro atoms. The largest absolute Gasteiger partial charge is 0.497 e. The normalized spacial score (nSPS) is 24.2. The van der Waals surface area contributed by atoms with Gasteiger partial charge in [0.2, 0.25) is 0 Å². The summed E-state index contributed by atoms with van der Waals surface area (Å²) in [5.41, 5.74) is 1.20. The second kappa shape index (κ2) is 6.98. The molecule has 0 aromatic heterocycles. The number of nitrogens with one attached hydrogen (secondary N) is 1. The molecular formula is C17H27NO2. The Morgan fingerprint density at radius 2 is 2.00 bits per heavy atom. The van der Waals surface area contributed by atoms with E-state index in [4.69, 9.17) is 9.47 Å². The standard InChI is InChI=1S/C17H27NO2/c1-12-6-5-7-14(10-12)18-13(2)16-9-8-15(19-3)11-17(16)20-4/h8-9,11-14,18H,5-7,10H2,1-4H3. The van der Waals surface area contributed by atoms with Crippen LogP contribution in [0.15, 0.2) is 18.2 Å². The number of methoxy groups -OCH3 is 2. The molecule has 3 unspecified atom stereocenters. The van der Waals surface area contributed by atoms with Gasteiger partial charge in [-0.05, 0) is 31.7 Å². The third kappa shape index (κ3) is 3.66.